The largest absolute Gasteiger partial charge is 0.502 e. The normalized spacial score (nSPS) is 11.6. The van der Waals surface area contributed by atoms with Gasteiger partial charge < -0.3 is 14.8 Å². The van der Waals surface area contributed by atoms with Crippen molar-refractivity contribution in [2.75, 3.05) is 5.32 Å². The van der Waals surface area contributed by atoms with Gasteiger partial charge in [0.2, 0.25) is 5.76 Å². The first-order valence-corrected chi connectivity index (χ1v) is 12.3. The number of nitrogens with one attached hydrogen (secondary N) is 3. The highest BCUT2D eigenvalue weighted by molar-refractivity contribution is 6.01. The fourth-order valence-electron chi connectivity index (χ4n) is 4.01. The maximum absolute atomic E-state index is 12.7. The second-order valence-corrected chi connectivity index (χ2v) is 9.30. The molecule has 1 atom stereocenters. The average Bonchev–Trinajstić information content (AvgIpc) is 3.42. The van der Waals surface area contributed by atoms with E-state index in [1.165, 1.54) is 17.9 Å². The lowest BCUT2D eigenvalue weighted by Crippen LogP contribution is -2.41. The van der Waals surface area contributed by atoms with Crippen LogP contribution in [0.15, 0.2) is 83.5 Å². The van der Waals surface area contributed by atoms with E-state index in [-0.39, 0.29) is 17.4 Å². The Bertz CT molecular complexity index is 1490. The third-order valence-electron chi connectivity index (χ3n) is 6.28. The van der Waals surface area contributed by atoms with E-state index in [9.17, 15) is 24.8 Å². The predicted octanol–water partition coefficient (Wildman–Crippen LogP) is 5.93. The number of nitro benzene ring substituents is 1. The summed E-state index contributed by atoms with van der Waals surface area (Å²) in [7, 11) is 0. The first-order chi connectivity index (χ1) is 18.6. The number of carbonyl (C=O) groups is 2. The Hall–Kier alpha value is -5.12. The van der Waals surface area contributed by atoms with Gasteiger partial charge in [-0.1, -0.05) is 50.2 Å². The van der Waals surface area contributed by atoms with E-state index in [0.717, 1.165) is 28.9 Å². The Balaban J connectivity index is 1.40. The van der Waals surface area contributed by atoms with Crippen LogP contribution in [0.1, 0.15) is 64.8 Å². The third-order valence-corrected chi connectivity index (χ3v) is 6.28. The molecule has 2 amide bonds. The van der Waals surface area contributed by atoms with E-state index in [1.807, 2.05) is 24.3 Å². The van der Waals surface area contributed by atoms with Crippen LogP contribution in [0.25, 0.3) is 11.1 Å². The van der Waals surface area contributed by atoms with Gasteiger partial charge in [0, 0.05) is 28.9 Å². The number of hydrogen-bond donors (Lipinski definition) is 4. The highest BCUT2D eigenvalue weighted by Crippen LogP contribution is 2.28. The quantitative estimate of drug-likeness (QED) is 0.164. The van der Waals surface area contributed by atoms with Crippen molar-refractivity contribution in [3.05, 3.63) is 112 Å². The van der Waals surface area contributed by atoms with Crippen molar-refractivity contribution in [2.45, 2.75) is 32.7 Å². The molecule has 0 saturated heterocycles. The number of carbonyl (C=O) groups excluding carboxylic acids is 2. The van der Waals surface area contributed by atoms with Crippen LogP contribution in [0.3, 0.4) is 0 Å². The molecule has 0 spiro atoms. The zero-order chi connectivity index (χ0) is 28.1. The van der Waals surface area contributed by atoms with Crippen LogP contribution in [0.4, 0.5) is 11.4 Å². The lowest BCUT2D eigenvalue weighted by molar-refractivity contribution is -0.385. The number of nitro groups is 1. The van der Waals surface area contributed by atoms with E-state index < -0.39 is 28.2 Å². The minimum absolute atomic E-state index is 0.0175. The number of amides is 2. The second kappa shape index (κ2) is 11.5. The number of furan rings is 1. The number of anilines is 1. The lowest BCUT2D eigenvalue weighted by Gasteiger charge is -2.17. The number of nitrogens with zero attached hydrogens (tertiary/aromatic N) is 1. The van der Waals surface area contributed by atoms with Crippen molar-refractivity contribution >= 4 is 23.2 Å². The monoisotopic (exact) mass is 528 g/mol. The van der Waals surface area contributed by atoms with E-state index >= 15 is 0 Å². The summed E-state index contributed by atoms with van der Waals surface area (Å²) in [6.07, 6.45) is 1.37. The molecule has 10 nitrogen and oxygen atoms in total. The van der Waals surface area contributed by atoms with Crippen molar-refractivity contribution in [2.24, 2.45) is 0 Å². The van der Waals surface area contributed by atoms with Crippen LogP contribution in [0.2, 0.25) is 0 Å². The van der Waals surface area contributed by atoms with Gasteiger partial charge in [-0.3, -0.25) is 30.6 Å². The molecule has 0 bridgehead atoms. The number of hydrogen-bond acceptors (Lipinski definition) is 7. The van der Waals surface area contributed by atoms with Crippen molar-refractivity contribution in [3.63, 3.8) is 0 Å². The van der Waals surface area contributed by atoms with Gasteiger partial charge >= 0.3 is 11.6 Å². The van der Waals surface area contributed by atoms with Crippen LogP contribution < -0.4 is 16.2 Å². The topological polar surface area (TPSA) is 147 Å². The average molecular weight is 529 g/mol. The number of phenols is 1. The predicted molar refractivity (Wildman–Crippen MR) is 146 cm³/mol. The summed E-state index contributed by atoms with van der Waals surface area (Å²) >= 11 is 0. The molecule has 3 aromatic carbocycles. The van der Waals surface area contributed by atoms with E-state index in [4.69, 9.17) is 4.42 Å². The van der Waals surface area contributed by atoms with Crippen LogP contribution in [-0.4, -0.2) is 21.8 Å². The highest BCUT2D eigenvalue weighted by Gasteiger charge is 2.20. The van der Waals surface area contributed by atoms with E-state index in [2.05, 4.69) is 61.2 Å². The molecule has 1 heterocycles. The van der Waals surface area contributed by atoms with Crippen LogP contribution in [-0.2, 0) is 0 Å². The highest BCUT2D eigenvalue weighted by atomic mass is 16.6. The van der Waals surface area contributed by atoms with Gasteiger partial charge in [0.1, 0.15) is 0 Å². The van der Waals surface area contributed by atoms with Crippen LogP contribution in [0, 0.1) is 10.1 Å². The van der Waals surface area contributed by atoms with Gasteiger partial charge in [-0.05, 0) is 59.9 Å². The van der Waals surface area contributed by atoms with Gasteiger partial charge in [-0.25, -0.2) is 0 Å². The first kappa shape index (κ1) is 26.9. The fourth-order valence-corrected chi connectivity index (χ4v) is 4.01. The summed E-state index contributed by atoms with van der Waals surface area (Å²) in [4.78, 5) is 35.3. The molecule has 0 saturated carbocycles. The van der Waals surface area contributed by atoms with Crippen LogP contribution >= 0.6 is 0 Å². The van der Waals surface area contributed by atoms with Crippen LogP contribution in [0.5, 0.6) is 5.75 Å². The lowest BCUT2D eigenvalue weighted by atomic mass is 10.0. The summed E-state index contributed by atoms with van der Waals surface area (Å²) in [5.41, 5.74) is 8.33. The minimum atomic E-state index is -0.814. The zero-order valence-electron chi connectivity index (χ0n) is 21.6. The molecule has 200 valence electrons. The molecular weight excluding hydrogens is 500 g/mol. The smallest absolute Gasteiger partial charge is 0.311 e. The minimum Gasteiger partial charge on any atom is -0.502 e. The fraction of sp³-hybridized carbons (Fsp3) is 0.172. The SMILES string of the molecule is CC(C)c1ccc(NC(C)c2ccc(-c3ccoc3C(=O)NNC(=O)c3ccc(O)c([N+](=O)[O-])c3)cc2)cc1. The molecule has 1 aromatic heterocycles. The molecule has 1 unspecified atom stereocenters. The Morgan fingerprint density at radius 2 is 1.51 bits per heavy atom. The Morgan fingerprint density at radius 3 is 2.15 bits per heavy atom. The van der Waals surface area contributed by atoms with Gasteiger partial charge in [-0.15, -0.1) is 0 Å². The Kier molecular flexibility index (Phi) is 7.95. The summed E-state index contributed by atoms with van der Waals surface area (Å²) < 4.78 is 5.37. The number of benzene rings is 3. The first-order valence-electron chi connectivity index (χ1n) is 12.3. The molecule has 10 heteroatoms. The molecule has 4 N–H and O–H groups in total. The van der Waals surface area contributed by atoms with E-state index in [1.54, 1.807) is 6.07 Å². The molecule has 4 aromatic rings. The van der Waals surface area contributed by atoms with Gasteiger partial charge in [0.05, 0.1) is 11.2 Å². The van der Waals surface area contributed by atoms with Gasteiger partial charge in [0.25, 0.3) is 5.91 Å². The van der Waals surface area contributed by atoms with Crippen molar-refractivity contribution in [1.29, 1.82) is 0 Å². The summed E-state index contributed by atoms with van der Waals surface area (Å²) in [6, 6.07) is 20.9. The van der Waals surface area contributed by atoms with E-state index in [0.29, 0.717) is 11.5 Å². The molecule has 0 radical (unpaired) electrons. The van der Waals surface area contributed by atoms with Gasteiger partial charge in [-0.2, -0.15) is 0 Å². The molecule has 0 fully saturated rings. The molecule has 4 rings (SSSR count). The van der Waals surface area contributed by atoms with Gasteiger partial charge in [0.15, 0.2) is 5.75 Å². The third kappa shape index (κ3) is 6.24. The molecule has 39 heavy (non-hydrogen) atoms. The second-order valence-electron chi connectivity index (χ2n) is 9.30. The maximum Gasteiger partial charge on any atom is 0.311 e. The number of hydrazine groups is 1. The number of rotatable bonds is 8. The van der Waals surface area contributed by atoms with Crippen molar-refractivity contribution in [1.82, 2.24) is 10.9 Å². The molecule has 0 aliphatic rings. The summed E-state index contributed by atoms with van der Waals surface area (Å²) in [5, 5.41) is 24.0. The van der Waals surface area contributed by atoms with Crippen molar-refractivity contribution < 1.29 is 24.0 Å². The Labute approximate surface area is 224 Å². The molecule has 0 aliphatic heterocycles. The number of phenolic OH excluding ortho intramolecular Hbond substituents is 1. The Morgan fingerprint density at radius 1 is 0.872 bits per heavy atom. The molecule has 0 aliphatic carbocycles. The maximum atomic E-state index is 12.7. The standard InChI is InChI=1S/C29H28N4O6/c1-17(2)19-8-11-23(12-9-19)30-18(3)20-4-6-21(7-5-20)24-14-15-39-27(24)29(36)32-31-28(35)22-10-13-26(34)25(16-22)33(37)38/h4-18,30,34H,1-3H3,(H,31,35)(H,32,36). The zero-order valence-corrected chi connectivity index (χ0v) is 21.6. The summed E-state index contributed by atoms with van der Waals surface area (Å²) in [5.74, 6) is -1.63. The summed E-state index contributed by atoms with van der Waals surface area (Å²) in [6.45, 7) is 6.38. The number of aromatic hydroxyl groups is 1. The van der Waals surface area contributed by atoms with Crippen molar-refractivity contribution in [3.8, 4) is 16.9 Å². The molecular formula is C29H28N4O6.